The fourth-order valence-corrected chi connectivity index (χ4v) is 7.63. The highest BCUT2D eigenvalue weighted by Gasteiger charge is 2.35. The van der Waals surface area contributed by atoms with Crippen LogP contribution in [0.15, 0.2) is 66.9 Å². The first-order valence-electron chi connectivity index (χ1n) is 17.3. The van der Waals surface area contributed by atoms with Crippen LogP contribution in [0.5, 0.6) is 0 Å². The van der Waals surface area contributed by atoms with Crippen LogP contribution in [-0.4, -0.2) is 53.3 Å². The summed E-state index contributed by atoms with van der Waals surface area (Å²) in [4.78, 5) is 27.2. The summed E-state index contributed by atoms with van der Waals surface area (Å²) in [5.74, 6) is 1.42. The van der Waals surface area contributed by atoms with Gasteiger partial charge in [-0.2, -0.15) is 5.10 Å². The Labute approximate surface area is 277 Å². The summed E-state index contributed by atoms with van der Waals surface area (Å²) >= 11 is 0. The molecule has 244 valence electrons. The van der Waals surface area contributed by atoms with E-state index in [1.54, 1.807) is 24.9 Å². The molecule has 2 N–H and O–H groups in total. The van der Waals surface area contributed by atoms with E-state index >= 15 is 0 Å². The van der Waals surface area contributed by atoms with E-state index in [0.717, 1.165) is 75.0 Å². The Hall–Kier alpha value is -4.59. The van der Waals surface area contributed by atoms with Crippen LogP contribution in [0.4, 0.5) is 11.5 Å². The Bertz CT molecular complexity index is 1780. The second kappa shape index (κ2) is 13.3. The van der Waals surface area contributed by atoms with Crippen molar-refractivity contribution in [3.8, 4) is 16.8 Å². The van der Waals surface area contributed by atoms with Gasteiger partial charge in [-0.3, -0.25) is 4.79 Å². The number of ether oxygens (including phenoxy) is 1. The number of likely N-dealkylation sites (tertiary alicyclic amines) is 1. The maximum absolute atomic E-state index is 12.6. The van der Waals surface area contributed by atoms with Crippen molar-refractivity contribution in [3.05, 3.63) is 94.7 Å². The van der Waals surface area contributed by atoms with Crippen molar-refractivity contribution in [3.63, 3.8) is 0 Å². The van der Waals surface area contributed by atoms with Crippen LogP contribution in [0, 0.1) is 5.92 Å². The van der Waals surface area contributed by atoms with Gasteiger partial charge < -0.3 is 20.3 Å². The number of nitrogens with one attached hydrogen (secondary N) is 2. The highest BCUT2D eigenvalue weighted by molar-refractivity contribution is 5.95. The first kappa shape index (κ1) is 31.0. The topological polar surface area (TPSA) is 88.5 Å². The molecule has 7 rings (SSSR count). The first-order chi connectivity index (χ1) is 23.0. The molecule has 8 nitrogen and oxygen atoms in total. The Morgan fingerprint density at radius 1 is 0.957 bits per heavy atom. The minimum atomic E-state index is -0.390. The van der Waals surface area contributed by atoms with Crippen LogP contribution in [0.25, 0.3) is 16.8 Å². The minimum absolute atomic E-state index is 0.199. The van der Waals surface area contributed by atoms with E-state index < -0.39 is 0 Å². The maximum Gasteiger partial charge on any atom is 0.343 e. The molecule has 1 saturated carbocycles. The summed E-state index contributed by atoms with van der Waals surface area (Å²) in [6.07, 6.45) is 8.88. The van der Waals surface area contributed by atoms with Crippen LogP contribution in [0.3, 0.4) is 0 Å². The zero-order chi connectivity index (χ0) is 32.5. The van der Waals surface area contributed by atoms with Crippen molar-refractivity contribution in [2.75, 3.05) is 37.4 Å². The molecule has 3 aromatic carbocycles. The molecule has 0 bridgehead atoms. The van der Waals surface area contributed by atoms with Crippen molar-refractivity contribution in [1.29, 1.82) is 0 Å². The smallest absolute Gasteiger partial charge is 0.343 e. The number of benzene rings is 3. The van der Waals surface area contributed by atoms with E-state index in [2.05, 4.69) is 76.1 Å². The van der Waals surface area contributed by atoms with Crippen LogP contribution in [0.1, 0.15) is 90.5 Å². The number of aromatic nitrogens is 2. The molecule has 1 aliphatic heterocycles. The van der Waals surface area contributed by atoms with Gasteiger partial charge >= 0.3 is 5.97 Å². The normalized spacial score (nSPS) is 17.8. The summed E-state index contributed by atoms with van der Waals surface area (Å²) in [6, 6.07) is 22.1. The molecule has 8 heteroatoms. The second-order valence-electron chi connectivity index (χ2n) is 13.1. The molecule has 4 aromatic rings. The van der Waals surface area contributed by atoms with Gasteiger partial charge in [-0.25, -0.2) is 9.48 Å². The lowest BCUT2D eigenvalue weighted by molar-refractivity contribution is -0.133. The highest BCUT2D eigenvalue weighted by Crippen LogP contribution is 2.42. The number of carbonyl (C=O) groups is 2. The molecule has 47 heavy (non-hydrogen) atoms. The van der Waals surface area contributed by atoms with Gasteiger partial charge in [0.1, 0.15) is 11.4 Å². The number of esters is 1. The van der Waals surface area contributed by atoms with E-state index in [4.69, 9.17) is 4.74 Å². The van der Waals surface area contributed by atoms with Crippen molar-refractivity contribution >= 4 is 23.4 Å². The quantitative estimate of drug-likeness (QED) is 0.176. The molecule has 2 heterocycles. The third-order valence-electron chi connectivity index (χ3n) is 10.2. The number of fused-ring (bicyclic) bond motifs is 1. The third kappa shape index (κ3) is 6.13. The van der Waals surface area contributed by atoms with E-state index in [9.17, 15) is 9.59 Å². The van der Waals surface area contributed by atoms with E-state index in [1.165, 1.54) is 27.8 Å². The summed E-state index contributed by atoms with van der Waals surface area (Å²) in [6.45, 7) is 6.13. The Balaban J connectivity index is 1.12. The Morgan fingerprint density at radius 2 is 1.77 bits per heavy atom. The molecule has 1 amide bonds. The van der Waals surface area contributed by atoms with Gasteiger partial charge in [0.25, 0.3) is 0 Å². The number of carbonyl (C=O) groups excluding carboxylic acids is 2. The van der Waals surface area contributed by atoms with Gasteiger partial charge in [0.2, 0.25) is 5.91 Å². The lowest BCUT2D eigenvalue weighted by atomic mass is 9.85. The zero-order valence-electron chi connectivity index (χ0n) is 27.7. The largest absolute Gasteiger partial charge is 0.462 e. The molecule has 2 aliphatic carbocycles. The van der Waals surface area contributed by atoms with Crippen LogP contribution < -0.4 is 10.6 Å². The van der Waals surface area contributed by atoms with Crippen molar-refractivity contribution in [2.24, 2.45) is 5.92 Å². The molecule has 1 aromatic heterocycles. The van der Waals surface area contributed by atoms with Crippen LogP contribution in [-0.2, 0) is 22.4 Å². The zero-order valence-corrected chi connectivity index (χ0v) is 27.7. The summed E-state index contributed by atoms with van der Waals surface area (Å²) in [7, 11) is 1.79. The SMILES string of the molecule is CCOC(=O)c1cnn(-c2cccc(-c3cccc4c3C(Nc3ccc(C5CCN(C(=O)C6CC6)CC5)c(CC)c3)CC4)c2)c1NC. The standard InChI is InChI=1S/C39H45N5O3/c1-4-25-22-30(15-16-32(25)26-18-20-43(21-19-26)38(45)28-12-13-28)42-35-17-14-27-8-7-11-33(36(27)35)29-9-6-10-31(23-29)44-37(40-3)34(24-41-44)39(46)47-5-2/h6-11,15-16,22-24,26,28,35,40,42H,4-5,12-14,17-21H2,1-3H3. The predicted octanol–water partition coefficient (Wildman–Crippen LogP) is 7.54. The molecule has 1 unspecified atom stereocenters. The number of hydrogen-bond donors (Lipinski definition) is 2. The number of amides is 1. The lowest BCUT2D eigenvalue weighted by Gasteiger charge is -2.33. The Kier molecular flexibility index (Phi) is 8.76. The average molecular weight is 632 g/mol. The molecular formula is C39H45N5O3. The van der Waals surface area contributed by atoms with Gasteiger partial charge in [0.15, 0.2) is 0 Å². The third-order valence-corrected chi connectivity index (χ3v) is 10.2. The van der Waals surface area contributed by atoms with Crippen LogP contribution in [0.2, 0.25) is 0 Å². The lowest BCUT2D eigenvalue weighted by Crippen LogP contribution is -2.38. The molecular weight excluding hydrogens is 586 g/mol. The number of piperidine rings is 1. The first-order valence-corrected chi connectivity index (χ1v) is 17.3. The van der Waals surface area contributed by atoms with Gasteiger partial charge in [0, 0.05) is 31.7 Å². The van der Waals surface area contributed by atoms with E-state index in [-0.39, 0.29) is 12.0 Å². The number of anilines is 2. The maximum atomic E-state index is 12.6. The fraction of sp³-hybridized carbons (Fsp3) is 0.410. The number of nitrogens with zero attached hydrogens (tertiary/aromatic N) is 3. The van der Waals surface area contributed by atoms with E-state index in [0.29, 0.717) is 35.7 Å². The summed E-state index contributed by atoms with van der Waals surface area (Å²) in [5, 5.41) is 11.6. The Morgan fingerprint density at radius 3 is 2.51 bits per heavy atom. The number of hydrogen-bond acceptors (Lipinski definition) is 6. The molecule has 0 radical (unpaired) electrons. The van der Waals surface area contributed by atoms with Crippen molar-refractivity contribution < 1.29 is 14.3 Å². The van der Waals surface area contributed by atoms with Gasteiger partial charge in [-0.05, 0) is 115 Å². The van der Waals surface area contributed by atoms with E-state index in [1.807, 2.05) is 12.1 Å². The summed E-state index contributed by atoms with van der Waals surface area (Å²) < 4.78 is 7.01. The van der Waals surface area contributed by atoms with Gasteiger partial charge in [-0.15, -0.1) is 0 Å². The molecule has 1 saturated heterocycles. The predicted molar refractivity (Wildman–Crippen MR) is 186 cm³/mol. The summed E-state index contributed by atoms with van der Waals surface area (Å²) in [5.41, 5.74) is 10.3. The molecule has 2 fully saturated rings. The van der Waals surface area contributed by atoms with Crippen LogP contribution >= 0.6 is 0 Å². The average Bonchev–Trinajstić information content (AvgIpc) is 3.74. The molecule has 1 atom stereocenters. The second-order valence-corrected chi connectivity index (χ2v) is 13.1. The highest BCUT2D eigenvalue weighted by atomic mass is 16.5. The number of rotatable bonds is 10. The molecule has 0 spiro atoms. The molecule has 3 aliphatic rings. The van der Waals surface area contributed by atoms with Gasteiger partial charge in [0.05, 0.1) is 24.5 Å². The fourth-order valence-electron chi connectivity index (χ4n) is 7.63. The van der Waals surface area contributed by atoms with Gasteiger partial charge in [-0.1, -0.05) is 43.3 Å². The monoisotopic (exact) mass is 631 g/mol. The van der Waals surface area contributed by atoms with Crippen molar-refractivity contribution in [2.45, 2.75) is 70.8 Å². The van der Waals surface area contributed by atoms with Crippen molar-refractivity contribution in [1.82, 2.24) is 14.7 Å². The minimum Gasteiger partial charge on any atom is -0.462 e. The number of aryl methyl sites for hydroxylation is 2.